The van der Waals surface area contributed by atoms with E-state index in [4.69, 9.17) is 23.2 Å². The van der Waals surface area contributed by atoms with E-state index in [1.807, 2.05) is 25.4 Å². The third-order valence-electron chi connectivity index (χ3n) is 2.57. The lowest BCUT2D eigenvalue weighted by Gasteiger charge is -2.15. The fourth-order valence-corrected chi connectivity index (χ4v) is 3.29. The molecular formula is C12H12Cl2N2S. The quantitative estimate of drug-likeness (QED) is 0.921. The normalized spacial score (nSPS) is 12.6. The molecule has 90 valence electrons. The Hall–Kier alpha value is -0.610. The maximum atomic E-state index is 6.16. The van der Waals surface area contributed by atoms with Gasteiger partial charge in [0.15, 0.2) is 0 Å². The molecular weight excluding hydrogens is 275 g/mol. The Labute approximate surface area is 115 Å². The van der Waals surface area contributed by atoms with Crippen molar-refractivity contribution in [3.05, 3.63) is 50.4 Å². The van der Waals surface area contributed by atoms with E-state index >= 15 is 0 Å². The number of pyridine rings is 1. The summed E-state index contributed by atoms with van der Waals surface area (Å²) >= 11 is 13.5. The molecule has 0 bridgehead atoms. The van der Waals surface area contributed by atoms with Crippen molar-refractivity contribution in [2.24, 2.45) is 0 Å². The predicted octanol–water partition coefficient (Wildman–Crippen LogP) is 3.95. The average Bonchev–Trinajstić information content (AvgIpc) is 2.67. The van der Waals surface area contributed by atoms with Gasteiger partial charge < -0.3 is 5.32 Å². The average molecular weight is 287 g/mol. The van der Waals surface area contributed by atoms with Gasteiger partial charge in [-0.25, -0.2) is 0 Å². The molecule has 0 fully saturated rings. The number of nitrogens with one attached hydrogen (secondary N) is 1. The molecule has 2 aromatic heterocycles. The molecule has 5 heteroatoms. The van der Waals surface area contributed by atoms with E-state index in [1.165, 1.54) is 16.9 Å². The van der Waals surface area contributed by atoms with Gasteiger partial charge in [-0.3, -0.25) is 4.98 Å². The first kappa shape index (κ1) is 12.8. The SMILES string of the molecule is CNC(Cc1cccnc1)c1cc(Cl)sc1Cl. The fraction of sp³-hybridized carbons (Fsp3) is 0.250. The minimum Gasteiger partial charge on any atom is -0.313 e. The Morgan fingerprint density at radius 3 is 2.82 bits per heavy atom. The van der Waals surface area contributed by atoms with E-state index in [9.17, 15) is 0 Å². The van der Waals surface area contributed by atoms with Gasteiger partial charge in [0.25, 0.3) is 0 Å². The van der Waals surface area contributed by atoms with Crippen molar-refractivity contribution in [2.45, 2.75) is 12.5 Å². The fourth-order valence-electron chi connectivity index (χ4n) is 1.71. The molecule has 0 aliphatic carbocycles. The summed E-state index contributed by atoms with van der Waals surface area (Å²) in [5, 5.41) is 3.26. The molecule has 2 heterocycles. The van der Waals surface area contributed by atoms with Crippen LogP contribution in [0.25, 0.3) is 0 Å². The van der Waals surface area contributed by atoms with Gasteiger partial charge in [-0.05, 0) is 31.2 Å². The summed E-state index contributed by atoms with van der Waals surface area (Å²) in [6, 6.07) is 6.07. The first-order valence-electron chi connectivity index (χ1n) is 5.21. The number of thiophene rings is 1. The zero-order chi connectivity index (χ0) is 12.3. The van der Waals surface area contributed by atoms with Crippen LogP contribution in [0.5, 0.6) is 0 Å². The molecule has 2 aromatic rings. The van der Waals surface area contributed by atoms with E-state index < -0.39 is 0 Å². The second kappa shape index (κ2) is 5.83. The third-order valence-corrected chi connectivity index (χ3v) is 4.09. The molecule has 0 aliphatic heterocycles. The van der Waals surface area contributed by atoms with Crippen LogP contribution >= 0.6 is 34.5 Å². The second-order valence-electron chi connectivity index (χ2n) is 3.69. The third kappa shape index (κ3) is 3.19. The summed E-state index contributed by atoms with van der Waals surface area (Å²) < 4.78 is 1.47. The van der Waals surface area contributed by atoms with Crippen molar-refractivity contribution >= 4 is 34.5 Å². The predicted molar refractivity (Wildman–Crippen MR) is 74.1 cm³/mol. The Morgan fingerprint density at radius 1 is 1.47 bits per heavy atom. The second-order valence-corrected chi connectivity index (χ2v) is 5.97. The molecule has 0 saturated heterocycles. The number of nitrogens with zero attached hydrogens (tertiary/aromatic N) is 1. The largest absolute Gasteiger partial charge is 0.313 e. The molecule has 0 aromatic carbocycles. The molecule has 0 saturated carbocycles. The van der Waals surface area contributed by atoms with Crippen molar-refractivity contribution in [1.82, 2.24) is 10.3 Å². The van der Waals surface area contributed by atoms with Crippen LogP contribution < -0.4 is 5.32 Å². The summed E-state index contributed by atoms with van der Waals surface area (Å²) in [5.74, 6) is 0. The maximum absolute atomic E-state index is 6.16. The Kier molecular flexibility index (Phi) is 4.40. The van der Waals surface area contributed by atoms with Crippen LogP contribution in [0.4, 0.5) is 0 Å². The highest BCUT2D eigenvalue weighted by Gasteiger charge is 2.16. The number of likely N-dealkylation sites (N-methyl/N-ethyl adjacent to an activating group) is 1. The van der Waals surface area contributed by atoms with Gasteiger partial charge in [-0.1, -0.05) is 29.3 Å². The van der Waals surface area contributed by atoms with E-state index in [0.717, 1.165) is 20.7 Å². The minimum absolute atomic E-state index is 0.162. The first-order chi connectivity index (χ1) is 8.20. The lowest BCUT2D eigenvalue weighted by atomic mass is 10.0. The van der Waals surface area contributed by atoms with E-state index in [1.54, 1.807) is 6.20 Å². The molecule has 0 amide bonds. The lowest BCUT2D eigenvalue weighted by molar-refractivity contribution is 0.593. The topological polar surface area (TPSA) is 24.9 Å². The molecule has 1 atom stereocenters. The summed E-state index contributed by atoms with van der Waals surface area (Å²) in [6.45, 7) is 0. The van der Waals surface area contributed by atoms with Crippen LogP contribution in [0.15, 0.2) is 30.6 Å². The monoisotopic (exact) mass is 286 g/mol. The molecule has 17 heavy (non-hydrogen) atoms. The van der Waals surface area contributed by atoms with E-state index in [-0.39, 0.29) is 6.04 Å². The summed E-state index contributed by atoms with van der Waals surface area (Å²) in [5.41, 5.74) is 2.22. The number of rotatable bonds is 4. The summed E-state index contributed by atoms with van der Waals surface area (Å²) in [7, 11) is 1.92. The van der Waals surface area contributed by atoms with Crippen molar-refractivity contribution in [3.8, 4) is 0 Å². The Morgan fingerprint density at radius 2 is 2.29 bits per heavy atom. The number of hydrogen-bond donors (Lipinski definition) is 1. The number of halogens is 2. The molecule has 2 rings (SSSR count). The smallest absolute Gasteiger partial charge is 0.0992 e. The molecule has 1 N–H and O–H groups in total. The first-order valence-corrected chi connectivity index (χ1v) is 6.79. The van der Waals surface area contributed by atoms with Crippen molar-refractivity contribution in [3.63, 3.8) is 0 Å². The minimum atomic E-state index is 0.162. The highest BCUT2D eigenvalue weighted by atomic mass is 35.5. The van der Waals surface area contributed by atoms with Crippen LogP contribution in [-0.2, 0) is 6.42 Å². The van der Waals surface area contributed by atoms with Crippen LogP contribution in [0, 0.1) is 0 Å². The Bertz CT molecular complexity index is 485. The van der Waals surface area contributed by atoms with Gasteiger partial charge in [-0.15, -0.1) is 11.3 Å². The lowest BCUT2D eigenvalue weighted by Crippen LogP contribution is -2.18. The van der Waals surface area contributed by atoms with Crippen molar-refractivity contribution in [2.75, 3.05) is 7.05 Å². The Balaban J connectivity index is 2.20. The standard InChI is InChI=1S/C12H12Cl2N2S/c1-15-10(5-8-3-2-4-16-7-8)9-6-11(13)17-12(9)14/h2-4,6-7,10,15H,5H2,1H3. The van der Waals surface area contributed by atoms with Gasteiger partial charge >= 0.3 is 0 Å². The summed E-state index contributed by atoms with van der Waals surface area (Å²) in [4.78, 5) is 4.11. The van der Waals surface area contributed by atoms with Gasteiger partial charge in [0.2, 0.25) is 0 Å². The molecule has 0 radical (unpaired) electrons. The maximum Gasteiger partial charge on any atom is 0.0992 e. The van der Waals surface area contributed by atoms with Crippen LogP contribution in [0.1, 0.15) is 17.2 Å². The van der Waals surface area contributed by atoms with Crippen LogP contribution in [-0.4, -0.2) is 12.0 Å². The van der Waals surface area contributed by atoms with Crippen LogP contribution in [0.2, 0.25) is 8.67 Å². The van der Waals surface area contributed by atoms with Gasteiger partial charge in [0.05, 0.1) is 8.67 Å². The van der Waals surface area contributed by atoms with E-state index in [2.05, 4.69) is 16.4 Å². The molecule has 2 nitrogen and oxygen atoms in total. The zero-order valence-corrected chi connectivity index (χ0v) is 11.6. The van der Waals surface area contributed by atoms with Crippen LogP contribution in [0.3, 0.4) is 0 Å². The summed E-state index contributed by atoms with van der Waals surface area (Å²) in [6.07, 6.45) is 4.48. The molecule has 0 spiro atoms. The van der Waals surface area contributed by atoms with Crippen molar-refractivity contribution in [1.29, 1.82) is 0 Å². The number of aromatic nitrogens is 1. The van der Waals surface area contributed by atoms with Crippen molar-refractivity contribution < 1.29 is 0 Å². The zero-order valence-electron chi connectivity index (χ0n) is 9.28. The highest BCUT2D eigenvalue weighted by Crippen LogP contribution is 2.35. The van der Waals surface area contributed by atoms with Gasteiger partial charge in [0.1, 0.15) is 0 Å². The number of hydrogen-bond acceptors (Lipinski definition) is 3. The van der Waals surface area contributed by atoms with Gasteiger partial charge in [-0.2, -0.15) is 0 Å². The molecule has 1 unspecified atom stereocenters. The van der Waals surface area contributed by atoms with Gasteiger partial charge in [0, 0.05) is 24.0 Å². The van der Waals surface area contributed by atoms with E-state index in [0.29, 0.717) is 0 Å². The highest BCUT2D eigenvalue weighted by molar-refractivity contribution is 7.20. The molecule has 0 aliphatic rings.